The number of piperazine rings is 1. The van der Waals surface area contributed by atoms with E-state index in [-0.39, 0.29) is 30.3 Å². The smallest absolute Gasteiger partial charge is 0.410 e. The van der Waals surface area contributed by atoms with Gasteiger partial charge in [0, 0.05) is 33.3 Å². The molecule has 0 saturated carbocycles. The topological polar surface area (TPSA) is 102 Å². The largest absolute Gasteiger partial charge is 0.444 e. The van der Waals surface area contributed by atoms with Crippen LogP contribution in [0, 0.1) is 0 Å². The highest BCUT2D eigenvalue weighted by Gasteiger charge is 2.38. The van der Waals surface area contributed by atoms with Gasteiger partial charge >= 0.3 is 6.09 Å². The number of aromatic nitrogens is 3. The summed E-state index contributed by atoms with van der Waals surface area (Å²) in [6, 6.07) is 1.27. The fraction of sp³-hybridized carbons (Fsp3) is 0.667. The summed E-state index contributed by atoms with van der Waals surface area (Å²) >= 11 is 0. The second-order valence-electron chi connectivity index (χ2n) is 8.91. The maximum atomic E-state index is 12.9. The molecule has 3 heterocycles. The maximum absolute atomic E-state index is 12.9. The van der Waals surface area contributed by atoms with E-state index >= 15 is 0 Å². The molecular formula is C21H33N5O5. The third-order valence-electron chi connectivity index (χ3n) is 5.50. The SMILES string of the molecule is CC[C@@H]1CN(c2cc(=O)n(C)n3cc(CO)nc23)[C@@H](COC)CN1C(=O)OC(C)(C)C. The van der Waals surface area contributed by atoms with Crippen molar-refractivity contribution in [3.63, 3.8) is 0 Å². The molecule has 31 heavy (non-hydrogen) atoms. The summed E-state index contributed by atoms with van der Waals surface area (Å²) in [5.41, 5.74) is 0.936. The minimum absolute atomic E-state index is 0.0978. The minimum Gasteiger partial charge on any atom is -0.444 e. The van der Waals surface area contributed by atoms with Gasteiger partial charge in [0.2, 0.25) is 0 Å². The highest BCUT2D eigenvalue weighted by molar-refractivity contribution is 5.72. The molecule has 2 atom stereocenters. The van der Waals surface area contributed by atoms with Gasteiger partial charge in [-0.1, -0.05) is 6.92 Å². The van der Waals surface area contributed by atoms with Gasteiger partial charge < -0.3 is 24.4 Å². The standard InChI is InChI=1S/C21H33N5O5/c1-7-15-10-24(16(13-30-6)11-25(15)20(29)31-21(2,3)4)17-8-18(28)23(5)26-9-14(12-27)22-19(17)26/h8-9,15-16,27H,7,10-13H2,1-6H3/t15-,16-/m1/s1. The average Bonchev–Trinajstić information content (AvgIpc) is 3.14. The van der Waals surface area contributed by atoms with Crippen molar-refractivity contribution in [3.05, 3.63) is 28.3 Å². The van der Waals surface area contributed by atoms with Crippen LogP contribution < -0.4 is 10.5 Å². The van der Waals surface area contributed by atoms with Crippen LogP contribution in [-0.2, 0) is 23.1 Å². The van der Waals surface area contributed by atoms with Crippen molar-refractivity contribution < 1.29 is 19.4 Å². The van der Waals surface area contributed by atoms with Gasteiger partial charge in [0.1, 0.15) is 5.60 Å². The molecule has 1 amide bonds. The van der Waals surface area contributed by atoms with Gasteiger partial charge in [0.25, 0.3) is 5.56 Å². The van der Waals surface area contributed by atoms with E-state index in [1.165, 1.54) is 4.68 Å². The first-order valence-electron chi connectivity index (χ1n) is 10.5. The second-order valence-corrected chi connectivity index (χ2v) is 8.91. The Hall–Kier alpha value is -2.59. The zero-order valence-corrected chi connectivity index (χ0v) is 19.2. The first-order chi connectivity index (χ1) is 14.6. The quantitative estimate of drug-likeness (QED) is 0.757. The lowest BCUT2D eigenvalue weighted by molar-refractivity contribution is 0.00646. The normalized spacial score (nSPS) is 19.8. The average molecular weight is 436 g/mol. The Labute approximate surface area is 181 Å². The van der Waals surface area contributed by atoms with Crippen LogP contribution in [0.25, 0.3) is 5.65 Å². The number of aryl methyl sites for hydroxylation is 1. The number of nitrogens with zero attached hydrogens (tertiary/aromatic N) is 5. The van der Waals surface area contributed by atoms with Crippen molar-refractivity contribution in [1.29, 1.82) is 0 Å². The van der Waals surface area contributed by atoms with Crippen LogP contribution in [0.5, 0.6) is 0 Å². The van der Waals surface area contributed by atoms with Crippen molar-refractivity contribution >= 4 is 17.4 Å². The molecule has 0 aliphatic carbocycles. The molecule has 1 fully saturated rings. The number of ether oxygens (including phenoxy) is 2. The number of amides is 1. The van der Waals surface area contributed by atoms with Gasteiger partial charge in [-0.15, -0.1) is 0 Å². The summed E-state index contributed by atoms with van der Waals surface area (Å²) in [7, 11) is 3.27. The summed E-state index contributed by atoms with van der Waals surface area (Å²) < 4.78 is 14.2. The minimum atomic E-state index is -0.586. The molecule has 0 aromatic carbocycles. The molecule has 2 aromatic heterocycles. The van der Waals surface area contributed by atoms with Crippen LogP contribution >= 0.6 is 0 Å². The van der Waals surface area contributed by atoms with Gasteiger partial charge in [-0.25, -0.2) is 19.0 Å². The van der Waals surface area contributed by atoms with Crippen LogP contribution in [0.1, 0.15) is 39.8 Å². The molecule has 0 radical (unpaired) electrons. The molecule has 10 heteroatoms. The molecule has 172 valence electrons. The number of rotatable bonds is 5. The molecule has 1 aliphatic rings. The van der Waals surface area contributed by atoms with Crippen LogP contribution in [0.4, 0.5) is 10.5 Å². The van der Waals surface area contributed by atoms with E-state index in [1.54, 1.807) is 35.8 Å². The lowest BCUT2D eigenvalue weighted by Gasteiger charge is -2.47. The number of carbonyl (C=O) groups is 1. The molecular weight excluding hydrogens is 402 g/mol. The summed E-state index contributed by atoms with van der Waals surface area (Å²) in [6.45, 7) is 8.62. The number of hydrogen-bond donors (Lipinski definition) is 1. The lowest BCUT2D eigenvalue weighted by atomic mass is 10.0. The number of aliphatic hydroxyl groups is 1. The van der Waals surface area contributed by atoms with E-state index in [2.05, 4.69) is 9.88 Å². The van der Waals surface area contributed by atoms with E-state index in [4.69, 9.17) is 9.47 Å². The monoisotopic (exact) mass is 435 g/mol. The van der Waals surface area contributed by atoms with Crippen LogP contribution in [0.3, 0.4) is 0 Å². The van der Waals surface area contributed by atoms with Crippen LogP contribution in [0.2, 0.25) is 0 Å². The Bertz CT molecular complexity index is 992. The highest BCUT2D eigenvalue weighted by atomic mass is 16.6. The Morgan fingerprint density at radius 3 is 2.58 bits per heavy atom. The molecule has 10 nitrogen and oxygen atoms in total. The number of methoxy groups -OCH3 is 1. The molecule has 0 unspecified atom stereocenters. The summed E-state index contributed by atoms with van der Waals surface area (Å²) in [5.74, 6) is 0. The first-order valence-corrected chi connectivity index (χ1v) is 10.5. The number of aliphatic hydroxyl groups excluding tert-OH is 1. The zero-order chi connectivity index (χ0) is 22.9. The third-order valence-corrected chi connectivity index (χ3v) is 5.50. The molecule has 1 N–H and O–H groups in total. The summed E-state index contributed by atoms with van der Waals surface area (Å²) in [4.78, 5) is 33.9. The number of carbonyl (C=O) groups excluding carboxylic acids is 1. The van der Waals surface area contributed by atoms with Gasteiger partial charge in [0.15, 0.2) is 5.65 Å². The zero-order valence-electron chi connectivity index (χ0n) is 19.2. The number of imidazole rings is 1. The van der Waals surface area contributed by atoms with Crippen molar-refractivity contribution in [2.75, 3.05) is 31.7 Å². The Kier molecular flexibility index (Phi) is 6.61. The molecule has 1 aliphatic heterocycles. The predicted octanol–water partition coefficient (Wildman–Crippen LogP) is 1.38. The predicted molar refractivity (Wildman–Crippen MR) is 116 cm³/mol. The van der Waals surface area contributed by atoms with E-state index < -0.39 is 5.60 Å². The Balaban J connectivity index is 2.03. The van der Waals surface area contributed by atoms with Gasteiger partial charge in [0.05, 0.1) is 42.9 Å². The number of anilines is 1. The van der Waals surface area contributed by atoms with E-state index in [0.717, 1.165) is 6.42 Å². The summed E-state index contributed by atoms with van der Waals surface area (Å²) in [6.07, 6.45) is 2.03. The molecule has 1 saturated heterocycles. The summed E-state index contributed by atoms with van der Waals surface area (Å²) in [5, 5.41) is 9.55. The van der Waals surface area contributed by atoms with E-state index in [0.29, 0.717) is 36.7 Å². The van der Waals surface area contributed by atoms with Crippen molar-refractivity contribution in [2.45, 2.75) is 58.4 Å². The third kappa shape index (κ3) is 4.69. The number of hydrogen-bond acceptors (Lipinski definition) is 7. The molecule has 0 spiro atoms. The first kappa shape index (κ1) is 23.1. The van der Waals surface area contributed by atoms with Crippen molar-refractivity contribution in [3.8, 4) is 0 Å². The molecule has 0 bridgehead atoms. The fourth-order valence-electron chi connectivity index (χ4n) is 3.96. The van der Waals surface area contributed by atoms with Crippen molar-refractivity contribution in [2.24, 2.45) is 7.05 Å². The van der Waals surface area contributed by atoms with Crippen LogP contribution in [-0.4, -0.2) is 74.8 Å². The fourth-order valence-corrected chi connectivity index (χ4v) is 3.96. The van der Waals surface area contributed by atoms with E-state index in [9.17, 15) is 14.7 Å². The van der Waals surface area contributed by atoms with E-state index in [1.807, 2.05) is 27.7 Å². The Morgan fingerprint density at radius 2 is 2.00 bits per heavy atom. The van der Waals surface area contributed by atoms with Crippen molar-refractivity contribution in [1.82, 2.24) is 19.1 Å². The highest BCUT2D eigenvalue weighted by Crippen LogP contribution is 2.28. The van der Waals surface area contributed by atoms with Gasteiger partial charge in [-0.2, -0.15) is 0 Å². The second kappa shape index (κ2) is 8.88. The lowest BCUT2D eigenvalue weighted by Crippen LogP contribution is -2.62. The Morgan fingerprint density at radius 1 is 1.29 bits per heavy atom. The molecule has 3 rings (SSSR count). The maximum Gasteiger partial charge on any atom is 0.410 e. The van der Waals surface area contributed by atoms with Gasteiger partial charge in [-0.3, -0.25) is 4.79 Å². The molecule has 2 aromatic rings. The van der Waals surface area contributed by atoms with Gasteiger partial charge in [-0.05, 0) is 27.2 Å². The van der Waals surface area contributed by atoms with Crippen LogP contribution in [0.15, 0.2) is 17.1 Å². The number of fused-ring (bicyclic) bond motifs is 1.